The summed E-state index contributed by atoms with van der Waals surface area (Å²) in [6.45, 7) is 2.99. The second kappa shape index (κ2) is 5.94. The summed E-state index contributed by atoms with van der Waals surface area (Å²) >= 11 is 0. The smallest absolute Gasteiger partial charge is 0.336 e. The van der Waals surface area contributed by atoms with E-state index in [0.717, 1.165) is 0 Å². The summed E-state index contributed by atoms with van der Waals surface area (Å²) in [5, 5.41) is 0. The van der Waals surface area contributed by atoms with Crippen LogP contribution in [0.1, 0.15) is 24.2 Å². The molecule has 3 nitrogen and oxygen atoms in total. The molecular formula is C13H13FO3. The van der Waals surface area contributed by atoms with Gasteiger partial charge in [0, 0.05) is 5.56 Å². The van der Waals surface area contributed by atoms with E-state index in [1.807, 2.05) is 0 Å². The predicted molar refractivity (Wildman–Crippen MR) is 61.2 cm³/mol. The highest BCUT2D eigenvalue weighted by molar-refractivity contribution is 6.11. The number of carbonyl (C=O) groups is 2. The lowest BCUT2D eigenvalue weighted by atomic mass is 10.1. The summed E-state index contributed by atoms with van der Waals surface area (Å²) < 4.78 is 18.3. The van der Waals surface area contributed by atoms with E-state index in [1.54, 1.807) is 25.1 Å². The Bertz CT molecular complexity index is 449. The Labute approximate surface area is 98.9 Å². The van der Waals surface area contributed by atoms with Crippen molar-refractivity contribution in [2.75, 3.05) is 6.61 Å². The van der Waals surface area contributed by atoms with Crippen LogP contribution >= 0.6 is 0 Å². The SMILES string of the molecule is CCOC(=O)/C(C)=C(/F)C(=O)c1ccccc1. The van der Waals surface area contributed by atoms with Crippen molar-refractivity contribution < 1.29 is 18.7 Å². The van der Waals surface area contributed by atoms with E-state index in [9.17, 15) is 14.0 Å². The van der Waals surface area contributed by atoms with Crippen LogP contribution in [0.3, 0.4) is 0 Å². The average Bonchev–Trinajstić information content (AvgIpc) is 2.37. The van der Waals surface area contributed by atoms with E-state index >= 15 is 0 Å². The van der Waals surface area contributed by atoms with Crippen LogP contribution in [0.5, 0.6) is 0 Å². The molecule has 0 aromatic heterocycles. The van der Waals surface area contributed by atoms with Crippen LogP contribution in [0.2, 0.25) is 0 Å². The van der Waals surface area contributed by atoms with E-state index in [1.165, 1.54) is 19.1 Å². The molecule has 1 aromatic carbocycles. The van der Waals surface area contributed by atoms with Crippen LogP contribution in [-0.2, 0) is 9.53 Å². The molecule has 1 rings (SSSR count). The molecule has 0 saturated heterocycles. The molecule has 0 atom stereocenters. The van der Waals surface area contributed by atoms with Crippen molar-refractivity contribution in [3.63, 3.8) is 0 Å². The lowest BCUT2D eigenvalue weighted by Crippen LogP contribution is -2.11. The quantitative estimate of drug-likeness (QED) is 0.458. The first-order valence-corrected chi connectivity index (χ1v) is 5.21. The molecule has 0 fully saturated rings. The lowest BCUT2D eigenvalue weighted by Gasteiger charge is -2.03. The first-order valence-electron chi connectivity index (χ1n) is 5.21. The number of hydrogen-bond acceptors (Lipinski definition) is 3. The predicted octanol–water partition coefficient (Wildman–Crippen LogP) is 2.68. The molecule has 0 unspecified atom stereocenters. The molecular weight excluding hydrogens is 223 g/mol. The van der Waals surface area contributed by atoms with Crippen LogP contribution in [0.25, 0.3) is 0 Å². The van der Waals surface area contributed by atoms with Gasteiger partial charge in [-0.3, -0.25) is 4.79 Å². The third kappa shape index (κ3) is 3.24. The Kier molecular flexibility index (Phi) is 4.57. The monoisotopic (exact) mass is 236 g/mol. The van der Waals surface area contributed by atoms with Crippen LogP contribution in [0.4, 0.5) is 4.39 Å². The van der Waals surface area contributed by atoms with Crippen LogP contribution in [0.15, 0.2) is 41.7 Å². The number of ether oxygens (including phenoxy) is 1. The summed E-state index contributed by atoms with van der Waals surface area (Å²) in [5.41, 5.74) is -0.102. The van der Waals surface area contributed by atoms with Gasteiger partial charge in [-0.25, -0.2) is 9.18 Å². The summed E-state index contributed by atoms with van der Waals surface area (Å²) in [6.07, 6.45) is 0. The van der Waals surface area contributed by atoms with Crippen LogP contribution < -0.4 is 0 Å². The maximum Gasteiger partial charge on any atom is 0.336 e. The van der Waals surface area contributed by atoms with Crippen molar-refractivity contribution in [3.8, 4) is 0 Å². The fourth-order valence-electron chi connectivity index (χ4n) is 1.22. The van der Waals surface area contributed by atoms with Gasteiger partial charge in [-0.1, -0.05) is 30.3 Å². The van der Waals surface area contributed by atoms with Crippen molar-refractivity contribution in [1.82, 2.24) is 0 Å². The average molecular weight is 236 g/mol. The summed E-state index contributed by atoms with van der Waals surface area (Å²) in [6, 6.07) is 7.94. The van der Waals surface area contributed by atoms with Crippen molar-refractivity contribution in [2.24, 2.45) is 0 Å². The van der Waals surface area contributed by atoms with Crippen molar-refractivity contribution in [2.45, 2.75) is 13.8 Å². The molecule has 90 valence electrons. The number of carbonyl (C=O) groups excluding carboxylic acids is 2. The van der Waals surface area contributed by atoms with Gasteiger partial charge in [-0.2, -0.15) is 0 Å². The van der Waals surface area contributed by atoms with Crippen LogP contribution in [-0.4, -0.2) is 18.4 Å². The summed E-state index contributed by atoms with van der Waals surface area (Å²) in [4.78, 5) is 22.9. The Balaban J connectivity index is 2.96. The minimum Gasteiger partial charge on any atom is -0.463 e. The van der Waals surface area contributed by atoms with Crippen molar-refractivity contribution in [3.05, 3.63) is 47.3 Å². The zero-order valence-corrected chi connectivity index (χ0v) is 9.70. The van der Waals surface area contributed by atoms with Gasteiger partial charge in [0.2, 0.25) is 5.78 Å². The molecule has 0 aliphatic carbocycles. The third-order valence-corrected chi connectivity index (χ3v) is 2.15. The van der Waals surface area contributed by atoms with E-state index in [-0.39, 0.29) is 17.7 Å². The molecule has 0 N–H and O–H groups in total. The maximum absolute atomic E-state index is 13.7. The molecule has 4 heteroatoms. The van der Waals surface area contributed by atoms with Crippen LogP contribution in [0, 0.1) is 0 Å². The van der Waals surface area contributed by atoms with E-state index in [0.29, 0.717) is 0 Å². The second-order valence-corrected chi connectivity index (χ2v) is 3.35. The minimum absolute atomic E-state index is 0.142. The second-order valence-electron chi connectivity index (χ2n) is 3.35. The van der Waals surface area contributed by atoms with Gasteiger partial charge in [0.05, 0.1) is 12.2 Å². The Morgan fingerprint density at radius 2 is 1.82 bits per heavy atom. The molecule has 0 heterocycles. The zero-order valence-electron chi connectivity index (χ0n) is 9.70. The lowest BCUT2D eigenvalue weighted by molar-refractivity contribution is -0.138. The highest BCUT2D eigenvalue weighted by Gasteiger charge is 2.19. The molecule has 0 spiro atoms. The maximum atomic E-state index is 13.7. The molecule has 0 radical (unpaired) electrons. The number of halogens is 1. The number of rotatable bonds is 4. The Hall–Kier alpha value is -1.97. The normalized spacial score (nSPS) is 11.7. The molecule has 0 saturated carbocycles. The molecule has 0 bridgehead atoms. The topological polar surface area (TPSA) is 43.4 Å². The molecule has 1 aromatic rings. The summed E-state index contributed by atoms with van der Waals surface area (Å²) in [5.74, 6) is -2.69. The largest absolute Gasteiger partial charge is 0.463 e. The zero-order chi connectivity index (χ0) is 12.8. The first kappa shape index (κ1) is 13.1. The molecule has 0 aliphatic heterocycles. The first-order chi connectivity index (χ1) is 8.07. The number of hydrogen-bond donors (Lipinski definition) is 0. The third-order valence-electron chi connectivity index (χ3n) is 2.15. The standard InChI is InChI=1S/C13H13FO3/c1-3-17-13(16)9(2)11(14)12(15)10-7-5-4-6-8-10/h4-8H,3H2,1-2H3/b11-9+. The van der Waals surface area contributed by atoms with Gasteiger partial charge in [-0.15, -0.1) is 0 Å². The van der Waals surface area contributed by atoms with E-state index < -0.39 is 17.6 Å². The van der Waals surface area contributed by atoms with E-state index in [2.05, 4.69) is 4.74 Å². The molecule has 17 heavy (non-hydrogen) atoms. The number of esters is 1. The van der Waals surface area contributed by atoms with Crippen molar-refractivity contribution in [1.29, 1.82) is 0 Å². The fraction of sp³-hybridized carbons (Fsp3) is 0.231. The highest BCUT2D eigenvalue weighted by Crippen LogP contribution is 2.14. The number of benzene rings is 1. The number of allylic oxidation sites excluding steroid dienone is 1. The van der Waals surface area contributed by atoms with Gasteiger partial charge < -0.3 is 4.74 Å². The number of ketones is 1. The van der Waals surface area contributed by atoms with E-state index in [4.69, 9.17) is 0 Å². The highest BCUT2D eigenvalue weighted by atomic mass is 19.1. The van der Waals surface area contributed by atoms with Gasteiger partial charge in [-0.05, 0) is 13.8 Å². The number of Topliss-reactive ketones (excluding diaryl/α,β-unsaturated/α-hetero) is 1. The van der Waals surface area contributed by atoms with Gasteiger partial charge in [0.15, 0.2) is 5.83 Å². The Morgan fingerprint density at radius 3 is 2.35 bits per heavy atom. The van der Waals surface area contributed by atoms with Gasteiger partial charge >= 0.3 is 5.97 Å². The molecule has 0 aliphatic rings. The minimum atomic E-state index is -1.07. The van der Waals surface area contributed by atoms with Gasteiger partial charge in [0.25, 0.3) is 0 Å². The fourth-order valence-corrected chi connectivity index (χ4v) is 1.22. The Morgan fingerprint density at radius 1 is 1.24 bits per heavy atom. The van der Waals surface area contributed by atoms with Gasteiger partial charge in [0.1, 0.15) is 0 Å². The molecule has 0 amide bonds. The summed E-state index contributed by atoms with van der Waals surface area (Å²) in [7, 11) is 0. The van der Waals surface area contributed by atoms with Crippen molar-refractivity contribution >= 4 is 11.8 Å².